The molecular weight excluding hydrogens is 168 g/mol. The van der Waals surface area contributed by atoms with Crippen LogP contribution < -0.4 is 0 Å². The fourth-order valence-corrected chi connectivity index (χ4v) is 0.782. The highest BCUT2D eigenvalue weighted by atomic mass is 16.5. The van der Waals surface area contributed by atoms with E-state index in [4.69, 9.17) is 10.8 Å². The van der Waals surface area contributed by atoms with Gasteiger partial charge in [-0.05, 0) is 12.1 Å². The molecule has 0 amide bonds. The lowest BCUT2D eigenvalue weighted by Gasteiger charge is -2.02. The van der Waals surface area contributed by atoms with Crippen LogP contribution in [0.5, 0.6) is 0 Å². The Bertz CT molecular complexity index is 333. The monoisotopic (exact) mass is 176 g/mol. The van der Waals surface area contributed by atoms with Gasteiger partial charge in [0.15, 0.2) is 0 Å². The van der Waals surface area contributed by atoms with Crippen molar-refractivity contribution in [2.45, 2.75) is 0 Å². The first kappa shape index (κ1) is 9.12. The summed E-state index contributed by atoms with van der Waals surface area (Å²) in [6.45, 7) is 0. The SMILES string of the molecule is N=C(C=O)OC(=N)c1ccccc1. The van der Waals surface area contributed by atoms with E-state index < -0.39 is 5.90 Å². The van der Waals surface area contributed by atoms with Gasteiger partial charge < -0.3 is 4.74 Å². The smallest absolute Gasteiger partial charge is 0.254 e. The summed E-state index contributed by atoms with van der Waals surface area (Å²) in [5, 5.41) is 14.2. The van der Waals surface area contributed by atoms with Crippen molar-refractivity contribution >= 4 is 18.1 Å². The second-order valence-electron chi connectivity index (χ2n) is 2.28. The summed E-state index contributed by atoms with van der Waals surface area (Å²) in [7, 11) is 0. The van der Waals surface area contributed by atoms with E-state index in [1.165, 1.54) is 0 Å². The van der Waals surface area contributed by atoms with Crippen LogP contribution in [0.1, 0.15) is 5.56 Å². The zero-order chi connectivity index (χ0) is 9.68. The van der Waals surface area contributed by atoms with E-state index in [9.17, 15) is 4.79 Å². The van der Waals surface area contributed by atoms with Gasteiger partial charge in [-0.2, -0.15) is 0 Å². The quantitative estimate of drug-likeness (QED) is 0.403. The molecule has 1 aromatic carbocycles. The highest BCUT2D eigenvalue weighted by molar-refractivity contribution is 6.25. The molecule has 0 bridgehead atoms. The van der Waals surface area contributed by atoms with Crippen LogP contribution in [-0.4, -0.2) is 18.1 Å². The van der Waals surface area contributed by atoms with E-state index in [1.54, 1.807) is 24.3 Å². The minimum Gasteiger partial charge on any atom is -0.418 e. The van der Waals surface area contributed by atoms with Crippen LogP contribution in [0.2, 0.25) is 0 Å². The summed E-state index contributed by atoms with van der Waals surface area (Å²) < 4.78 is 4.58. The molecule has 0 spiro atoms. The largest absolute Gasteiger partial charge is 0.418 e. The molecule has 13 heavy (non-hydrogen) atoms. The molecule has 1 aromatic rings. The van der Waals surface area contributed by atoms with Gasteiger partial charge in [0.25, 0.3) is 5.90 Å². The molecule has 0 aliphatic carbocycles. The maximum absolute atomic E-state index is 10.0. The number of aldehydes is 1. The van der Waals surface area contributed by atoms with Gasteiger partial charge in [-0.15, -0.1) is 0 Å². The Morgan fingerprint density at radius 1 is 1.23 bits per heavy atom. The molecular formula is C9H8N2O2. The van der Waals surface area contributed by atoms with Gasteiger partial charge in [0.05, 0.1) is 0 Å². The Morgan fingerprint density at radius 3 is 2.38 bits per heavy atom. The third-order valence-electron chi connectivity index (χ3n) is 1.36. The number of carbonyl (C=O) groups is 1. The molecule has 0 fully saturated rings. The maximum atomic E-state index is 10.0. The van der Waals surface area contributed by atoms with E-state index in [1.807, 2.05) is 6.07 Å². The van der Waals surface area contributed by atoms with Crippen LogP contribution in [0.15, 0.2) is 30.3 Å². The molecule has 0 unspecified atom stereocenters. The van der Waals surface area contributed by atoms with Crippen LogP contribution in [0.4, 0.5) is 0 Å². The molecule has 1 rings (SSSR count). The van der Waals surface area contributed by atoms with Gasteiger partial charge in [-0.1, -0.05) is 18.2 Å². The third kappa shape index (κ3) is 2.52. The molecule has 0 aliphatic heterocycles. The molecule has 0 saturated carbocycles. The van der Waals surface area contributed by atoms with Crippen molar-refractivity contribution in [1.29, 1.82) is 10.8 Å². The number of nitrogens with one attached hydrogen (secondary N) is 2. The lowest BCUT2D eigenvalue weighted by Crippen LogP contribution is -2.12. The number of hydrogen-bond acceptors (Lipinski definition) is 4. The van der Waals surface area contributed by atoms with Crippen LogP contribution in [0, 0.1) is 10.8 Å². The molecule has 2 N–H and O–H groups in total. The van der Waals surface area contributed by atoms with Gasteiger partial charge in [-0.25, -0.2) is 0 Å². The number of carbonyl (C=O) groups excluding carboxylic acids is 1. The van der Waals surface area contributed by atoms with Crippen molar-refractivity contribution in [3.05, 3.63) is 35.9 Å². The minimum absolute atomic E-state index is 0.197. The summed E-state index contributed by atoms with van der Waals surface area (Å²) in [6.07, 6.45) is 0.247. The normalized spacial score (nSPS) is 8.92. The Hall–Kier alpha value is -1.97. The summed E-state index contributed by atoms with van der Waals surface area (Å²) in [5.74, 6) is -0.758. The number of benzene rings is 1. The van der Waals surface area contributed by atoms with Gasteiger partial charge in [0.2, 0.25) is 12.2 Å². The number of hydrogen-bond donors (Lipinski definition) is 2. The highest BCUT2D eigenvalue weighted by Crippen LogP contribution is 2.00. The van der Waals surface area contributed by atoms with Crippen molar-refractivity contribution in [3.8, 4) is 0 Å². The van der Waals surface area contributed by atoms with Crippen LogP contribution in [-0.2, 0) is 9.53 Å². The lowest BCUT2D eigenvalue weighted by molar-refractivity contribution is -0.103. The van der Waals surface area contributed by atoms with Crippen LogP contribution in [0.3, 0.4) is 0 Å². The van der Waals surface area contributed by atoms with Crippen molar-refractivity contribution in [2.75, 3.05) is 0 Å². The Morgan fingerprint density at radius 2 is 1.85 bits per heavy atom. The van der Waals surface area contributed by atoms with Crippen LogP contribution in [0.25, 0.3) is 0 Å². The maximum Gasteiger partial charge on any atom is 0.254 e. The van der Waals surface area contributed by atoms with Crippen molar-refractivity contribution in [2.24, 2.45) is 0 Å². The predicted molar refractivity (Wildman–Crippen MR) is 48.1 cm³/mol. The van der Waals surface area contributed by atoms with Crippen molar-refractivity contribution in [1.82, 2.24) is 0 Å². The first-order valence-corrected chi connectivity index (χ1v) is 3.59. The summed E-state index contributed by atoms with van der Waals surface area (Å²) in [5.41, 5.74) is 0.536. The molecule has 0 radical (unpaired) electrons. The average Bonchev–Trinajstić information content (AvgIpc) is 2.19. The average molecular weight is 176 g/mol. The molecule has 0 aliphatic rings. The zero-order valence-electron chi connectivity index (χ0n) is 6.78. The van der Waals surface area contributed by atoms with Crippen LogP contribution >= 0.6 is 0 Å². The number of rotatable bonds is 2. The Balaban J connectivity index is 2.70. The van der Waals surface area contributed by atoms with E-state index in [2.05, 4.69) is 4.74 Å². The molecule has 0 atom stereocenters. The van der Waals surface area contributed by atoms with E-state index in [0.717, 1.165) is 0 Å². The first-order chi connectivity index (χ1) is 6.24. The predicted octanol–water partition coefficient (Wildman–Crippen LogP) is 1.20. The second kappa shape index (κ2) is 4.15. The molecule has 0 heterocycles. The first-order valence-electron chi connectivity index (χ1n) is 3.59. The molecule has 0 saturated heterocycles. The minimum atomic E-state index is -0.561. The molecule has 4 nitrogen and oxygen atoms in total. The fourth-order valence-electron chi connectivity index (χ4n) is 0.782. The summed E-state index contributed by atoms with van der Waals surface area (Å²) in [4.78, 5) is 10.0. The van der Waals surface area contributed by atoms with E-state index in [-0.39, 0.29) is 12.2 Å². The Kier molecular flexibility index (Phi) is 2.92. The fraction of sp³-hybridized carbons (Fsp3) is 0. The third-order valence-corrected chi connectivity index (χ3v) is 1.36. The van der Waals surface area contributed by atoms with Gasteiger partial charge in [0.1, 0.15) is 0 Å². The molecule has 0 aromatic heterocycles. The summed E-state index contributed by atoms with van der Waals surface area (Å²) >= 11 is 0. The van der Waals surface area contributed by atoms with Crippen molar-refractivity contribution in [3.63, 3.8) is 0 Å². The van der Waals surface area contributed by atoms with E-state index in [0.29, 0.717) is 5.56 Å². The standard InChI is InChI=1S/C9H8N2O2/c10-8(6-12)13-9(11)7-4-2-1-3-5-7/h1-6,10-11H. The highest BCUT2D eigenvalue weighted by Gasteiger charge is 2.03. The van der Waals surface area contributed by atoms with E-state index >= 15 is 0 Å². The zero-order valence-corrected chi connectivity index (χ0v) is 6.78. The molecule has 4 heteroatoms. The number of ether oxygens (including phenoxy) is 1. The van der Waals surface area contributed by atoms with Gasteiger partial charge in [0, 0.05) is 5.56 Å². The Labute approximate surface area is 75.2 Å². The lowest BCUT2D eigenvalue weighted by atomic mass is 10.2. The van der Waals surface area contributed by atoms with Gasteiger partial charge >= 0.3 is 0 Å². The topological polar surface area (TPSA) is 74.0 Å². The summed E-state index contributed by atoms with van der Waals surface area (Å²) in [6, 6.07) is 8.64. The second-order valence-corrected chi connectivity index (χ2v) is 2.28. The van der Waals surface area contributed by atoms with Crippen molar-refractivity contribution < 1.29 is 9.53 Å². The van der Waals surface area contributed by atoms with Gasteiger partial charge in [-0.3, -0.25) is 15.6 Å². The molecule has 66 valence electrons.